The van der Waals surface area contributed by atoms with E-state index in [1.807, 2.05) is 10.1 Å². The Bertz CT molecular complexity index is 1060. The van der Waals surface area contributed by atoms with Crippen LogP contribution in [-0.2, 0) is 0 Å². The second-order valence-corrected chi connectivity index (χ2v) is 29.5. The molecule has 0 atom stereocenters. The molecule has 0 radical (unpaired) electrons. The van der Waals surface area contributed by atoms with E-state index in [1.54, 1.807) is 16.4 Å². The van der Waals surface area contributed by atoms with Crippen LogP contribution in [0.4, 0.5) is 11.4 Å². The molecule has 2 nitrogen and oxygen atoms in total. The van der Waals surface area contributed by atoms with Crippen molar-refractivity contribution in [1.29, 1.82) is 0 Å². The smallest absolute Gasteiger partial charge is 0.323 e. The van der Waals surface area contributed by atoms with E-state index < -0.39 is 15.5 Å². The van der Waals surface area contributed by atoms with E-state index in [-0.39, 0.29) is 31.6 Å². The monoisotopic (exact) mass is 574 g/mol. The molecule has 0 N–H and O–H groups in total. The number of benzene rings is 1. The van der Waals surface area contributed by atoms with Crippen molar-refractivity contribution in [2.45, 2.75) is 108 Å². The minimum atomic E-state index is -2.35. The molecule has 2 bridgehead atoms. The standard InChI is InChI=1S/C31H53N2P3Si/c1-26(2,3)20-32-22-18-16-17-19-23(22)33(21-27(4,5)6)37(32)31(30(13,14)15)34-24(28(7,8)9)36(37)25(35-31)29(10,11)12/h16-19H,20-21H2,1-15H3. The lowest BCUT2D eigenvalue weighted by atomic mass is 9.96. The van der Waals surface area contributed by atoms with E-state index in [0.717, 1.165) is 13.1 Å². The maximum atomic E-state index is 3.10. The van der Waals surface area contributed by atoms with Gasteiger partial charge in [-0.15, -0.1) is 0 Å². The van der Waals surface area contributed by atoms with Gasteiger partial charge in [0.1, 0.15) is 0 Å². The minimum absolute atomic E-state index is 0.192. The number of anilines is 2. The highest BCUT2D eigenvalue weighted by Crippen LogP contribution is 2.85. The molecule has 3 aliphatic heterocycles. The quantitative estimate of drug-likeness (QED) is 0.256. The van der Waals surface area contributed by atoms with Crippen molar-refractivity contribution in [3.8, 4) is 0 Å². The van der Waals surface area contributed by atoms with Crippen LogP contribution in [0, 0.1) is 27.1 Å². The Morgan fingerprint density at radius 1 is 0.649 bits per heavy atom. The predicted molar refractivity (Wildman–Crippen MR) is 178 cm³/mol. The fourth-order valence-electron chi connectivity index (χ4n) is 6.34. The zero-order chi connectivity index (χ0) is 28.2. The van der Waals surface area contributed by atoms with Crippen molar-refractivity contribution in [2.75, 3.05) is 22.2 Å². The molecule has 3 heterocycles. The van der Waals surface area contributed by atoms with Crippen molar-refractivity contribution < 1.29 is 0 Å². The van der Waals surface area contributed by atoms with Gasteiger partial charge in [0.05, 0.1) is 15.9 Å². The van der Waals surface area contributed by atoms with Crippen LogP contribution in [0.3, 0.4) is 0 Å². The largest absolute Gasteiger partial charge is 0.374 e. The van der Waals surface area contributed by atoms with Crippen molar-refractivity contribution in [1.82, 2.24) is 0 Å². The van der Waals surface area contributed by atoms with E-state index in [2.05, 4.69) is 137 Å². The van der Waals surface area contributed by atoms with Crippen molar-refractivity contribution in [3.63, 3.8) is 0 Å². The minimum Gasteiger partial charge on any atom is -0.374 e. The van der Waals surface area contributed by atoms with Gasteiger partial charge in [0.2, 0.25) is 0 Å². The highest BCUT2D eigenvalue weighted by atomic mass is 31.4. The number of nitrogens with zero attached hydrogens (tertiary/aromatic N) is 2. The van der Waals surface area contributed by atoms with Gasteiger partial charge in [-0.1, -0.05) is 132 Å². The summed E-state index contributed by atoms with van der Waals surface area (Å²) in [5, 5.41) is 3.75. The summed E-state index contributed by atoms with van der Waals surface area (Å²) in [6, 6.07) is 9.52. The molecule has 6 heteroatoms. The summed E-state index contributed by atoms with van der Waals surface area (Å²) in [5.41, 5.74) is 4.09. The third-order valence-corrected chi connectivity index (χ3v) is 31.0. The summed E-state index contributed by atoms with van der Waals surface area (Å²) in [6.07, 6.45) is 0. The normalized spacial score (nSPS) is 26.5. The van der Waals surface area contributed by atoms with Crippen LogP contribution in [0.15, 0.2) is 24.3 Å². The fraction of sp³-hybridized carbons (Fsp3) is 0.742. The Morgan fingerprint density at radius 3 is 1.27 bits per heavy atom. The number of hydrogen-bond acceptors (Lipinski definition) is 2. The Balaban J connectivity index is 2.18. The number of fused-ring (bicyclic) bond motifs is 1. The molecule has 0 unspecified atom stereocenters. The van der Waals surface area contributed by atoms with Crippen LogP contribution < -0.4 is 9.13 Å². The van der Waals surface area contributed by atoms with Gasteiger partial charge in [-0.05, 0) is 56.7 Å². The topological polar surface area (TPSA) is 6.48 Å². The van der Waals surface area contributed by atoms with E-state index in [4.69, 9.17) is 0 Å². The van der Waals surface area contributed by atoms with Crippen LogP contribution in [0.5, 0.6) is 0 Å². The van der Waals surface area contributed by atoms with Crippen LogP contribution >= 0.6 is 23.9 Å². The summed E-state index contributed by atoms with van der Waals surface area (Å²) in [5.74, 6) is 0. The van der Waals surface area contributed by atoms with E-state index >= 15 is 0 Å². The molecule has 37 heavy (non-hydrogen) atoms. The average molecular weight is 575 g/mol. The first-order chi connectivity index (χ1) is 16.5. The molecular formula is C31H53N2P3Si. The molecule has 0 saturated carbocycles. The number of para-hydroxylation sites is 2. The number of hydrogen-bond donors (Lipinski definition) is 0. The molecule has 0 aromatic heterocycles. The maximum Gasteiger partial charge on any atom is 0.323 e. The molecule has 206 valence electrons. The third kappa shape index (κ3) is 4.55. The molecule has 1 aromatic carbocycles. The van der Waals surface area contributed by atoms with Gasteiger partial charge in [0.25, 0.3) is 0 Å². The van der Waals surface area contributed by atoms with Gasteiger partial charge in [-0.3, -0.25) is 0 Å². The summed E-state index contributed by atoms with van der Waals surface area (Å²) in [4.78, 5) is 0. The Kier molecular flexibility index (Phi) is 6.96. The lowest BCUT2D eigenvalue weighted by Gasteiger charge is -2.55. The predicted octanol–water partition coefficient (Wildman–Crippen LogP) is 10.4. The fourth-order valence-corrected chi connectivity index (χ4v) is 37.8. The second kappa shape index (κ2) is 8.65. The van der Waals surface area contributed by atoms with Gasteiger partial charge < -0.3 is 9.13 Å². The SMILES string of the molecule is CC(C)(C)CN1c2ccccc2N(CC(C)(C)C)[Si]12P1C(C(C)(C)C)=PC2(C(C)(C)C)P=C1C(C)(C)C. The second-order valence-electron chi connectivity index (χ2n) is 17.0. The molecule has 4 rings (SSSR count). The lowest BCUT2D eigenvalue weighted by molar-refractivity contribution is 0.400. The van der Waals surface area contributed by atoms with Gasteiger partial charge in [-0.2, -0.15) is 0 Å². The van der Waals surface area contributed by atoms with E-state index in [9.17, 15) is 0 Å². The number of rotatable bonds is 2. The Hall–Kier alpha value is -0.193. The van der Waals surface area contributed by atoms with Gasteiger partial charge in [0.15, 0.2) is 0 Å². The van der Waals surface area contributed by atoms with Crippen molar-refractivity contribution in [3.05, 3.63) is 24.3 Å². The molecular weight excluding hydrogens is 521 g/mol. The van der Waals surface area contributed by atoms with Gasteiger partial charge >= 0.3 is 8.06 Å². The first-order valence-electron chi connectivity index (χ1n) is 14.1. The Labute approximate surface area is 234 Å². The van der Waals surface area contributed by atoms with Crippen LogP contribution in [0.2, 0.25) is 0 Å². The zero-order valence-corrected chi connectivity index (χ0v) is 30.1. The highest BCUT2D eigenvalue weighted by molar-refractivity contribution is 8.32. The van der Waals surface area contributed by atoms with Crippen molar-refractivity contribution >= 4 is 53.4 Å². The third-order valence-electron chi connectivity index (χ3n) is 7.61. The molecule has 1 aromatic rings. The molecule has 1 spiro atoms. The molecule has 0 saturated heterocycles. The highest BCUT2D eigenvalue weighted by Gasteiger charge is 2.80. The Morgan fingerprint density at radius 2 is 1.00 bits per heavy atom. The van der Waals surface area contributed by atoms with E-state index in [0.29, 0.717) is 0 Å². The van der Waals surface area contributed by atoms with Crippen LogP contribution in [0.1, 0.15) is 104 Å². The summed E-state index contributed by atoms with van der Waals surface area (Å²) in [7, 11) is 0.557. The first-order valence-corrected chi connectivity index (χ1v) is 20.0. The maximum absolute atomic E-state index is 3.10. The van der Waals surface area contributed by atoms with Gasteiger partial charge in [0, 0.05) is 13.1 Å². The summed E-state index contributed by atoms with van der Waals surface area (Å²) in [6.45, 7) is 39.8. The zero-order valence-electron chi connectivity index (χ0n) is 26.5. The van der Waals surface area contributed by atoms with E-state index in [1.165, 1.54) is 11.4 Å². The van der Waals surface area contributed by atoms with Crippen LogP contribution in [-0.4, -0.2) is 35.7 Å². The summed E-state index contributed by atoms with van der Waals surface area (Å²) >= 11 is 0. The molecule has 0 amide bonds. The van der Waals surface area contributed by atoms with Crippen LogP contribution in [0.25, 0.3) is 0 Å². The molecule has 0 aliphatic carbocycles. The average Bonchev–Trinajstić information content (AvgIpc) is 3.25. The summed E-state index contributed by atoms with van der Waals surface area (Å²) < 4.78 is 6.43. The van der Waals surface area contributed by atoms with Gasteiger partial charge in [-0.25, -0.2) is 0 Å². The first kappa shape index (κ1) is 29.8. The molecule has 0 fully saturated rings. The molecule has 3 aliphatic rings. The van der Waals surface area contributed by atoms with Crippen molar-refractivity contribution in [2.24, 2.45) is 27.1 Å². The lowest BCUT2D eigenvalue weighted by Crippen LogP contribution is -2.74.